The molecular weight excluding hydrogens is 478 g/mol. The largest absolute Gasteiger partial charge is 0.450 e. The summed E-state index contributed by atoms with van der Waals surface area (Å²) in [4.78, 5) is 28.7. The SMILES string of the molecule is Cc1ccc([C@@H]2c3c(oc4ccc(Br)cc4c3=O)C(=O)N2Cc2ccccc2Cl)cc1. The van der Waals surface area contributed by atoms with Gasteiger partial charge < -0.3 is 9.32 Å². The molecule has 0 unspecified atom stereocenters. The van der Waals surface area contributed by atoms with Gasteiger partial charge in [-0.3, -0.25) is 9.59 Å². The van der Waals surface area contributed by atoms with Crippen LogP contribution in [0.3, 0.4) is 0 Å². The third-order valence-electron chi connectivity index (χ3n) is 5.62. The van der Waals surface area contributed by atoms with E-state index in [4.69, 9.17) is 16.0 Å². The van der Waals surface area contributed by atoms with Crippen molar-refractivity contribution in [3.05, 3.63) is 114 Å². The van der Waals surface area contributed by atoms with Crippen LogP contribution in [0.15, 0.2) is 80.4 Å². The number of aryl methyl sites for hydroxylation is 1. The molecule has 1 amide bonds. The van der Waals surface area contributed by atoms with E-state index in [9.17, 15) is 9.59 Å². The maximum atomic E-state index is 13.5. The first-order valence-electron chi connectivity index (χ1n) is 9.81. The van der Waals surface area contributed by atoms with E-state index in [0.29, 0.717) is 21.6 Å². The Hall–Kier alpha value is -2.89. The van der Waals surface area contributed by atoms with Gasteiger partial charge in [-0.25, -0.2) is 0 Å². The van der Waals surface area contributed by atoms with Crippen LogP contribution < -0.4 is 5.43 Å². The molecule has 1 aliphatic heterocycles. The first kappa shape index (κ1) is 20.0. The van der Waals surface area contributed by atoms with Crippen molar-refractivity contribution in [1.29, 1.82) is 0 Å². The molecule has 3 aromatic carbocycles. The molecule has 0 spiro atoms. The number of fused-ring (bicyclic) bond motifs is 2. The summed E-state index contributed by atoms with van der Waals surface area (Å²) in [6.45, 7) is 2.26. The normalized spacial score (nSPS) is 15.5. The molecule has 0 saturated carbocycles. The third kappa shape index (κ3) is 3.38. The van der Waals surface area contributed by atoms with Crippen molar-refractivity contribution < 1.29 is 9.21 Å². The molecule has 0 radical (unpaired) electrons. The van der Waals surface area contributed by atoms with Crippen LogP contribution >= 0.6 is 27.5 Å². The minimum Gasteiger partial charge on any atom is -0.450 e. The Morgan fingerprint density at radius 1 is 1.03 bits per heavy atom. The van der Waals surface area contributed by atoms with Gasteiger partial charge in [-0.1, -0.05) is 75.6 Å². The Bertz CT molecular complexity index is 1390. The Morgan fingerprint density at radius 2 is 1.77 bits per heavy atom. The van der Waals surface area contributed by atoms with E-state index in [2.05, 4.69) is 15.9 Å². The Labute approximate surface area is 192 Å². The number of rotatable bonds is 3. The average molecular weight is 495 g/mol. The van der Waals surface area contributed by atoms with Crippen molar-refractivity contribution >= 4 is 44.4 Å². The standard InChI is InChI=1S/C25H17BrClNO3/c1-14-6-8-15(9-7-14)22-21-23(29)18-12-17(26)10-11-20(18)31-24(21)25(30)28(22)13-16-4-2-3-5-19(16)27/h2-12,22H,13H2,1H3/t22-/m1/s1. The number of carbonyl (C=O) groups is 1. The van der Waals surface area contributed by atoms with Gasteiger partial charge in [0, 0.05) is 16.0 Å². The minimum absolute atomic E-state index is 0.0949. The van der Waals surface area contributed by atoms with Gasteiger partial charge in [-0.2, -0.15) is 0 Å². The summed E-state index contributed by atoms with van der Waals surface area (Å²) < 4.78 is 6.76. The molecule has 2 heterocycles. The van der Waals surface area contributed by atoms with E-state index in [0.717, 1.165) is 21.2 Å². The zero-order chi connectivity index (χ0) is 21.7. The Morgan fingerprint density at radius 3 is 2.52 bits per heavy atom. The number of carbonyl (C=O) groups excluding carboxylic acids is 1. The van der Waals surface area contributed by atoms with Crippen LogP contribution in [-0.4, -0.2) is 10.8 Å². The highest BCUT2D eigenvalue weighted by atomic mass is 79.9. The second-order valence-electron chi connectivity index (χ2n) is 7.65. The maximum Gasteiger partial charge on any atom is 0.291 e. The minimum atomic E-state index is -0.556. The van der Waals surface area contributed by atoms with Crippen LogP contribution in [0.1, 0.15) is 38.9 Å². The molecule has 0 bridgehead atoms. The fraction of sp³-hybridized carbons (Fsp3) is 0.120. The van der Waals surface area contributed by atoms with Gasteiger partial charge in [-0.15, -0.1) is 0 Å². The number of halogens is 2. The number of benzene rings is 3. The lowest BCUT2D eigenvalue weighted by molar-refractivity contribution is 0.0714. The monoisotopic (exact) mass is 493 g/mol. The quantitative estimate of drug-likeness (QED) is 0.338. The van der Waals surface area contributed by atoms with Crippen LogP contribution in [-0.2, 0) is 6.54 Å². The van der Waals surface area contributed by atoms with E-state index in [1.54, 1.807) is 29.2 Å². The molecule has 6 heteroatoms. The summed E-state index contributed by atoms with van der Waals surface area (Å²) in [6.07, 6.45) is 0. The topological polar surface area (TPSA) is 50.5 Å². The number of nitrogens with zero attached hydrogens (tertiary/aromatic N) is 1. The first-order chi connectivity index (χ1) is 14.9. The molecule has 4 nitrogen and oxygen atoms in total. The van der Waals surface area contributed by atoms with E-state index >= 15 is 0 Å². The predicted molar refractivity (Wildman–Crippen MR) is 125 cm³/mol. The summed E-state index contributed by atoms with van der Waals surface area (Å²) >= 11 is 9.80. The van der Waals surface area contributed by atoms with E-state index in [1.165, 1.54) is 0 Å². The van der Waals surface area contributed by atoms with Crippen LogP contribution in [0.2, 0.25) is 5.02 Å². The lowest BCUT2D eigenvalue weighted by Crippen LogP contribution is -2.29. The molecule has 0 N–H and O–H groups in total. The molecule has 4 aromatic rings. The van der Waals surface area contributed by atoms with Crippen LogP contribution in [0.25, 0.3) is 11.0 Å². The second-order valence-corrected chi connectivity index (χ2v) is 8.98. The van der Waals surface area contributed by atoms with Crippen molar-refractivity contribution in [2.45, 2.75) is 19.5 Å². The Balaban J connectivity index is 1.74. The smallest absolute Gasteiger partial charge is 0.291 e. The summed E-state index contributed by atoms with van der Waals surface area (Å²) in [5.41, 5.74) is 3.32. The highest BCUT2D eigenvalue weighted by molar-refractivity contribution is 9.10. The highest BCUT2D eigenvalue weighted by Gasteiger charge is 2.42. The van der Waals surface area contributed by atoms with Crippen LogP contribution in [0.5, 0.6) is 0 Å². The summed E-state index contributed by atoms with van der Waals surface area (Å²) in [6, 6.07) is 19.9. The highest BCUT2D eigenvalue weighted by Crippen LogP contribution is 2.40. The molecule has 5 rings (SSSR count). The van der Waals surface area contributed by atoms with Gasteiger partial charge in [0.25, 0.3) is 5.91 Å². The van der Waals surface area contributed by atoms with Crippen molar-refractivity contribution in [3.8, 4) is 0 Å². The lowest BCUT2D eigenvalue weighted by Gasteiger charge is -2.25. The molecular formula is C25H17BrClNO3. The third-order valence-corrected chi connectivity index (χ3v) is 6.48. The van der Waals surface area contributed by atoms with Gasteiger partial charge in [-0.05, 0) is 42.3 Å². The molecule has 1 aromatic heterocycles. The van der Waals surface area contributed by atoms with Crippen LogP contribution in [0, 0.1) is 6.92 Å². The summed E-state index contributed by atoms with van der Waals surface area (Å²) in [7, 11) is 0. The lowest BCUT2D eigenvalue weighted by atomic mass is 9.97. The molecule has 0 saturated heterocycles. The van der Waals surface area contributed by atoms with E-state index in [1.807, 2.05) is 49.4 Å². The van der Waals surface area contributed by atoms with Crippen molar-refractivity contribution in [2.24, 2.45) is 0 Å². The van der Waals surface area contributed by atoms with Gasteiger partial charge in [0.15, 0.2) is 5.43 Å². The van der Waals surface area contributed by atoms with Gasteiger partial charge in [0.05, 0.1) is 17.0 Å². The molecule has 1 aliphatic rings. The van der Waals surface area contributed by atoms with Gasteiger partial charge in [0.2, 0.25) is 5.76 Å². The fourth-order valence-electron chi connectivity index (χ4n) is 4.06. The number of hydrogen-bond acceptors (Lipinski definition) is 3. The second kappa shape index (κ2) is 7.66. The predicted octanol–water partition coefficient (Wildman–Crippen LogP) is 6.26. The van der Waals surface area contributed by atoms with E-state index in [-0.39, 0.29) is 23.6 Å². The van der Waals surface area contributed by atoms with Crippen molar-refractivity contribution in [2.75, 3.05) is 0 Å². The van der Waals surface area contributed by atoms with Gasteiger partial charge >= 0.3 is 0 Å². The Kier molecular flexibility index (Phi) is 4.95. The zero-order valence-corrected chi connectivity index (χ0v) is 18.9. The number of amides is 1. The van der Waals surface area contributed by atoms with Crippen molar-refractivity contribution in [3.63, 3.8) is 0 Å². The number of hydrogen-bond donors (Lipinski definition) is 0. The fourth-order valence-corrected chi connectivity index (χ4v) is 4.62. The molecule has 1 atom stereocenters. The summed E-state index contributed by atoms with van der Waals surface area (Å²) in [5.74, 6) is -0.222. The molecule has 0 fully saturated rings. The van der Waals surface area contributed by atoms with E-state index < -0.39 is 6.04 Å². The molecule has 0 aliphatic carbocycles. The van der Waals surface area contributed by atoms with Gasteiger partial charge in [0.1, 0.15) is 5.58 Å². The molecule has 31 heavy (non-hydrogen) atoms. The average Bonchev–Trinajstić information content (AvgIpc) is 3.03. The maximum absolute atomic E-state index is 13.5. The van der Waals surface area contributed by atoms with Crippen LogP contribution in [0.4, 0.5) is 0 Å². The first-order valence-corrected chi connectivity index (χ1v) is 11.0. The zero-order valence-electron chi connectivity index (χ0n) is 16.6. The van der Waals surface area contributed by atoms with Crippen molar-refractivity contribution in [1.82, 2.24) is 4.90 Å². The summed E-state index contributed by atoms with van der Waals surface area (Å²) in [5, 5.41) is 1.01. The molecule has 154 valence electrons.